The van der Waals surface area contributed by atoms with Crippen molar-refractivity contribution in [3.8, 4) is 0 Å². The van der Waals surface area contributed by atoms with Gasteiger partial charge in [0.05, 0.1) is 35.6 Å². The van der Waals surface area contributed by atoms with Crippen LogP contribution < -0.4 is 5.32 Å². The van der Waals surface area contributed by atoms with Crippen LogP contribution in [0.1, 0.15) is 36.6 Å². The minimum absolute atomic E-state index is 0.0267. The summed E-state index contributed by atoms with van der Waals surface area (Å²) in [5, 5.41) is 13.8. The van der Waals surface area contributed by atoms with Crippen LogP contribution in [0.15, 0.2) is 34.3 Å². The van der Waals surface area contributed by atoms with Gasteiger partial charge in [0.25, 0.3) is 0 Å². The maximum atomic E-state index is 13.2. The fourth-order valence-electron chi connectivity index (χ4n) is 4.21. The lowest BCUT2D eigenvalue weighted by molar-refractivity contribution is -0.120. The van der Waals surface area contributed by atoms with E-state index in [4.69, 9.17) is 19.7 Å². The van der Waals surface area contributed by atoms with Crippen molar-refractivity contribution in [3.05, 3.63) is 29.3 Å². The number of nitrogens with zero attached hydrogens (tertiary/aromatic N) is 4. The highest BCUT2D eigenvalue weighted by Gasteiger charge is 2.37. The molecule has 0 radical (unpaired) electrons. The molecule has 2 aliphatic heterocycles. The van der Waals surface area contributed by atoms with Gasteiger partial charge in [0.15, 0.2) is 0 Å². The topological polar surface area (TPSA) is 99.4 Å². The molecule has 5 rings (SSSR count). The number of thiazole rings is 1. The lowest BCUT2D eigenvalue weighted by Gasteiger charge is -2.33. The van der Waals surface area contributed by atoms with Crippen molar-refractivity contribution in [2.45, 2.75) is 43.7 Å². The third-order valence-electron chi connectivity index (χ3n) is 5.78. The Hall–Kier alpha value is -2.36. The van der Waals surface area contributed by atoms with Crippen LogP contribution in [0.4, 0.5) is 0 Å². The Kier molecular flexibility index (Phi) is 5.49. The van der Waals surface area contributed by atoms with Crippen LogP contribution in [0, 0.1) is 0 Å². The highest BCUT2D eigenvalue weighted by atomic mass is 32.1. The summed E-state index contributed by atoms with van der Waals surface area (Å²) in [4.78, 5) is 29.6. The molecule has 3 aliphatic rings. The first-order chi connectivity index (χ1) is 14.7. The number of aliphatic imine (C=N–C) groups is 2. The zero-order chi connectivity index (χ0) is 20.5. The van der Waals surface area contributed by atoms with Gasteiger partial charge in [-0.1, -0.05) is 12.1 Å². The number of hydrogen-bond donors (Lipinski definition) is 2. The van der Waals surface area contributed by atoms with E-state index in [1.807, 2.05) is 29.2 Å². The van der Waals surface area contributed by atoms with Crippen molar-refractivity contribution in [2.24, 2.45) is 9.98 Å². The molecule has 1 amide bonds. The first-order valence-electron chi connectivity index (χ1n) is 10.5. The van der Waals surface area contributed by atoms with Gasteiger partial charge in [-0.3, -0.25) is 15.1 Å². The Morgan fingerprint density at radius 2 is 2.07 bits per heavy atom. The second-order valence-electron chi connectivity index (χ2n) is 7.94. The average Bonchev–Trinajstić information content (AvgIpc) is 3.17. The summed E-state index contributed by atoms with van der Waals surface area (Å²) in [5.74, 6) is 0.251. The van der Waals surface area contributed by atoms with Crippen molar-refractivity contribution in [3.63, 3.8) is 0 Å². The first kappa shape index (κ1) is 19.6. The van der Waals surface area contributed by atoms with E-state index in [1.54, 1.807) is 0 Å². The smallest absolute Gasteiger partial charge is 0.244 e. The SMILES string of the molecule is O=C1NC(N2CCOCC2)=NC(=N[C@@H]2CCC[C@@H](O)C2)C1c1nc2ccccc2s1. The molecular weight excluding hydrogens is 402 g/mol. The molecule has 1 aliphatic carbocycles. The van der Waals surface area contributed by atoms with Crippen LogP contribution in [0.3, 0.4) is 0 Å². The van der Waals surface area contributed by atoms with Crippen LogP contribution in [0.5, 0.6) is 0 Å². The molecular formula is C21H25N5O3S. The van der Waals surface area contributed by atoms with E-state index < -0.39 is 5.92 Å². The third-order valence-corrected chi connectivity index (χ3v) is 6.88. The molecule has 30 heavy (non-hydrogen) atoms. The lowest BCUT2D eigenvalue weighted by Crippen LogP contribution is -2.53. The minimum atomic E-state index is -0.633. The summed E-state index contributed by atoms with van der Waals surface area (Å²) in [5.41, 5.74) is 0.876. The highest BCUT2D eigenvalue weighted by Crippen LogP contribution is 2.32. The summed E-state index contributed by atoms with van der Waals surface area (Å²) in [6.07, 6.45) is 2.91. The zero-order valence-corrected chi connectivity index (χ0v) is 17.5. The predicted molar refractivity (Wildman–Crippen MR) is 116 cm³/mol. The fraction of sp³-hybridized carbons (Fsp3) is 0.524. The van der Waals surface area contributed by atoms with Crippen LogP contribution in [-0.2, 0) is 9.53 Å². The van der Waals surface area contributed by atoms with E-state index in [0.29, 0.717) is 49.5 Å². The Morgan fingerprint density at radius 3 is 2.87 bits per heavy atom. The number of morpholine rings is 1. The lowest BCUT2D eigenvalue weighted by atomic mass is 9.93. The zero-order valence-electron chi connectivity index (χ0n) is 16.7. The Bertz CT molecular complexity index is 964. The van der Waals surface area contributed by atoms with E-state index in [0.717, 1.165) is 29.5 Å². The normalized spacial score (nSPS) is 29.2. The molecule has 9 heteroatoms. The van der Waals surface area contributed by atoms with Crippen LogP contribution >= 0.6 is 11.3 Å². The van der Waals surface area contributed by atoms with Crippen molar-refractivity contribution >= 4 is 39.3 Å². The number of carbonyl (C=O) groups is 1. The molecule has 0 spiro atoms. The van der Waals surface area contributed by atoms with Gasteiger partial charge in [-0.05, 0) is 37.8 Å². The fourth-order valence-corrected chi connectivity index (χ4v) is 5.27. The number of ether oxygens (including phenoxy) is 1. The number of fused-ring (bicyclic) bond motifs is 1. The van der Waals surface area contributed by atoms with Crippen molar-refractivity contribution in [1.82, 2.24) is 15.2 Å². The summed E-state index contributed by atoms with van der Waals surface area (Å²) in [6.45, 7) is 2.58. The number of aromatic nitrogens is 1. The molecule has 0 bridgehead atoms. The monoisotopic (exact) mass is 427 g/mol. The Balaban J connectivity index is 1.53. The van der Waals surface area contributed by atoms with Gasteiger partial charge < -0.3 is 14.7 Å². The second kappa shape index (κ2) is 8.41. The average molecular weight is 428 g/mol. The summed E-state index contributed by atoms with van der Waals surface area (Å²) in [6, 6.07) is 7.85. The molecule has 1 unspecified atom stereocenters. The van der Waals surface area contributed by atoms with Crippen molar-refractivity contribution in [2.75, 3.05) is 26.3 Å². The molecule has 1 aromatic carbocycles. The van der Waals surface area contributed by atoms with Gasteiger partial charge in [-0.15, -0.1) is 11.3 Å². The van der Waals surface area contributed by atoms with Crippen LogP contribution in [0.25, 0.3) is 10.2 Å². The molecule has 1 saturated heterocycles. The quantitative estimate of drug-likeness (QED) is 0.763. The van der Waals surface area contributed by atoms with Gasteiger partial charge in [-0.25, -0.2) is 4.98 Å². The number of aliphatic hydroxyl groups is 1. The number of benzene rings is 1. The second-order valence-corrected chi connectivity index (χ2v) is 9.00. The predicted octanol–water partition coefficient (Wildman–Crippen LogP) is 1.90. The van der Waals surface area contributed by atoms with E-state index in [-0.39, 0.29) is 18.1 Å². The van der Waals surface area contributed by atoms with Crippen LogP contribution in [0.2, 0.25) is 0 Å². The van der Waals surface area contributed by atoms with Crippen molar-refractivity contribution in [1.29, 1.82) is 0 Å². The Labute approximate surface area is 178 Å². The summed E-state index contributed by atoms with van der Waals surface area (Å²) >= 11 is 1.51. The number of amidine groups is 1. The number of rotatable bonds is 2. The van der Waals surface area contributed by atoms with E-state index >= 15 is 0 Å². The molecule has 158 valence electrons. The molecule has 2 aromatic rings. The highest BCUT2D eigenvalue weighted by molar-refractivity contribution is 7.18. The number of carbonyl (C=O) groups excluding carboxylic acids is 1. The van der Waals surface area contributed by atoms with Gasteiger partial charge in [0, 0.05) is 13.1 Å². The standard InChI is InChI=1S/C21H25N5O3S/c27-14-5-3-4-13(12-14)22-18-17(20-23-15-6-1-2-7-16(15)30-20)19(28)25-21(24-18)26-8-10-29-11-9-26/h1-2,6-7,13-14,17,27H,3-5,8-12H2,(H,22,24,25,28)/t13-,14-,17?/m1/s1. The summed E-state index contributed by atoms with van der Waals surface area (Å²) in [7, 11) is 0. The molecule has 2 fully saturated rings. The summed E-state index contributed by atoms with van der Waals surface area (Å²) < 4.78 is 6.46. The number of hydrogen-bond acceptors (Lipinski definition) is 7. The molecule has 1 saturated carbocycles. The number of aliphatic hydroxyl groups excluding tert-OH is 1. The molecule has 2 N–H and O–H groups in total. The van der Waals surface area contributed by atoms with E-state index in [9.17, 15) is 9.90 Å². The maximum absolute atomic E-state index is 13.2. The number of nitrogens with one attached hydrogen (secondary N) is 1. The largest absolute Gasteiger partial charge is 0.393 e. The van der Waals surface area contributed by atoms with Crippen molar-refractivity contribution < 1.29 is 14.6 Å². The maximum Gasteiger partial charge on any atom is 0.244 e. The van der Waals surface area contributed by atoms with Gasteiger partial charge >= 0.3 is 0 Å². The minimum Gasteiger partial charge on any atom is -0.393 e. The third kappa shape index (κ3) is 3.97. The first-order valence-corrected chi connectivity index (χ1v) is 11.3. The molecule has 3 atom stereocenters. The van der Waals surface area contributed by atoms with Gasteiger partial charge in [0.1, 0.15) is 16.8 Å². The Morgan fingerprint density at radius 1 is 1.23 bits per heavy atom. The van der Waals surface area contributed by atoms with Gasteiger partial charge in [-0.2, -0.15) is 4.99 Å². The number of guanidine groups is 1. The number of amides is 1. The molecule has 1 aromatic heterocycles. The molecule has 3 heterocycles. The van der Waals surface area contributed by atoms with E-state index in [2.05, 4.69) is 5.32 Å². The number of para-hydroxylation sites is 1. The van der Waals surface area contributed by atoms with E-state index in [1.165, 1.54) is 11.3 Å². The molecule has 8 nitrogen and oxygen atoms in total. The van der Waals surface area contributed by atoms with Gasteiger partial charge in [0.2, 0.25) is 11.9 Å². The van der Waals surface area contributed by atoms with Crippen LogP contribution in [-0.4, -0.2) is 71.1 Å².